The van der Waals surface area contributed by atoms with Gasteiger partial charge in [0.2, 0.25) is 5.88 Å². The van der Waals surface area contributed by atoms with Crippen LogP contribution in [0, 0.1) is 6.92 Å². The molecule has 1 aromatic heterocycles. The summed E-state index contributed by atoms with van der Waals surface area (Å²) >= 11 is 0. The summed E-state index contributed by atoms with van der Waals surface area (Å²) in [6.07, 6.45) is 1.42. The van der Waals surface area contributed by atoms with Gasteiger partial charge in [-0.2, -0.15) is 0 Å². The number of nitrogens with zero attached hydrogens (tertiary/aromatic N) is 1. The van der Waals surface area contributed by atoms with Crippen molar-refractivity contribution in [2.24, 2.45) is 0 Å². The van der Waals surface area contributed by atoms with Gasteiger partial charge in [-0.25, -0.2) is 9.78 Å². The van der Waals surface area contributed by atoms with Gasteiger partial charge >= 0.3 is 5.97 Å². The zero-order chi connectivity index (χ0) is 14.5. The van der Waals surface area contributed by atoms with E-state index in [1.807, 2.05) is 19.1 Å². The Balaban J connectivity index is 2.15. The summed E-state index contributed by atoms with van der Waals surface area (Å²) in [7, 11) is 0. The molecule has 0 amide bonds. The van der Waals surface area contributed by atoms with Gasteiger partial charge in [0, 0.05) is 12.3 Å². The molecule has 20 heavy (non-hydrogen) atoms. The minimum absolute atomic E-state index is 0.330. The molecule has 0 aliphatic carbocycles. The minimum Gasteiger partial charge on any atom is -0.462 e. The quantitative estimate of drug-likeness (QED) is 0.684. The Kier molecular flexibility index (Phi) is 4.20. The summed E-state index contributed by atoms with van der Waals surface area (Å²) in [6.45, 7) is 3.99. The van der Waals surface area contributed by atoms with E-state index in [4.69, 9.17) is 15.2 Å². The fourth-order valence-corrected chi connectivity index (χ4v) is 1.63. The molecule has 0 atom stereocenters. The van der Waals surface area contributed by atoms with Crippen molar-refractivity contribution in [2.45, 2.75) is 13.8 Å². The first-order valence-electron chi connectivity index (χ1n) is 6.28. The second-order valence-corrected chi connectivity index (χ2v) is 4.19. The van der Waals surface area contributed by atoms with Crippen molar-refractivity contribution in [3.8, 4) is 11.6 Å². The Morgan fingerprint density at radius 1 is 1.30 bits per heavy atom. The number of hydrogen-bond donors (Lipinski definition) is 1. The number of aromatic nitrogens is 1. The number of nitrogen functional groups attached to an aromatic ring is 1. The molecule has 0 aliphatic heterocycles. The molecule has 5 nitrogen and oxygen atoms in total. The number of rotatable bonds is 4. The summed E-state index contributed by atoms with van der Waals surface area (Å²) in [5.41, 5.74) is 7.82. The first kappa shape index (κ1) is 13.9. The molecular formula is C15H16N2O3. The van der Waals surface area contributed by atoms with Crippen LogP contribution in [0.25, 0.3) is 0 Å². The normalized spacial score (nSPS) is 10.1. The van der Waals surface area contributed by atoms with Gasteiger partial charge in [-0.3, -0.25) is 0 Å². The van der Waals surface area contributed by atoms with E-state index in [0.29, 0.717) is 29.5 Å². The van der Waals surface area contributed by atoms with Crippen LogP contribution in [-0.4, -0.2) is 17.6 Å². The topological polar surface area (TPSA) is 74.4 Å². The van der Waals surface area contributed by atoms with Gasteiger partial charge in [0.25, 0.3) is 0 Å². The van der Waals surface area contributed by atoms with Gasteiger partial charge in [-0.15, -0.1) is 0 Å². The molecule has 0 spiro atoms. The third kappa shape index (κ3) is 3.06. The molecule has 104 valence electrons. The van der Waals surface area contributed by atoms with Gasteiger partial charge < -0.3 is 15.2 Å². The highest BCUT2D eigenvalue weighted by Gasteiger charge is 2.09. The number of aryl methyl sites for hydroxylation is 1. The molecule has 2 N–H and O–H groups in total. The molecule has 1 heterocycles. The van der Waals surface area contributed by atoms with E-state index in [0.717, 1.165) is 5.56 Å². The number of hydrogen-bond acceptors (Lipinski definition) is 5. The zero-order valence-corrected chi connectivity index (χ0v) is 11.4. The van der Waals surface area contributed by atoms with E-state index >= 15 is 0 Å². The zero-order valence-electron chi connectivity index (χ0n) is 11.4. The molecular weight excluding hydrogens is 256 g/mol. The molecule has 0 aliphatic rings. The molecule has 0 saturated carbocycles. The Morgan fingerprint density at radius 3 is 2.75 bits per heavy atom. The summed E-state index contributed by atoms with van der Waals surface area (Å²) in [5, 5.41) is 0. The van der Waals surface area contributed by atoms with Crippen LogP contribution in [0.3, 0.4) is 0 Å². The van der Waals surface area contributed by atoms with Crippen molar-refractivity contribution in [3.63, 3.8) is 0 Å². The maximum absolute atomic E-state index is 11.5. The van der Waals surface area contributed by atoms with E-state index in [1.54, 1.807) is 25.1 Å². The number of pyridine rings is 1. The van der Waals surface area contributed by atoms with Crippen LogP contribution in [0.15, 0.2) is 36.5 Å². The third-order valence-corrected chi connectivity index (χ3v) is 2.75. The minimum atomic E-state index is -0.401. The second kappa shape index (κ2) is 6.06. The van der Waals surface area contributed by atoms with E-state index in [9.17, 15) is 4.79 Å². The van der Waals surface area contributed by atoms with Gasteiger partial charge in [0.05, 0.1) is 17.9 Å². The lowest BCUT2D eigenvalue weighted by Gasteiger charge is -2.09. The van der Waals surface area contributed by atoms with Crippen LogP contribution in [0.5, 0.6) is 11.6 Å². The number of nitrogens with two attached hydrogens (primary N) is 1. The molecule has 0 saturated heterocycles. The van der Waals surface area contributed by atoms with E-state index < -0.39 is 5.97 Å². The largest absolute Gasteiger partial charge is 0.462 e. The van der Waals surface area contributed by atoms with E-state index in [1.165, 1.54) is 6.20 Å². The molecule has 0 bridgehead atoms. The fourth-order valence-electron chi connectivity index (χ4n) is 1.63. The van der Waals surface area contributed by atoms with Crippen molar-refractivity contribution in [1.82, 2.24) is 4.98 Å². The van der Waals surface area contributed by atoms with Crippen LogP contribution in [0.4, 0.5) is 5.69 Å². The molecule has 0 radical (unpaired) electrons. The van der Waals surface area contributed by atoms with Crippen LogP contribution in [-0.2, 0) is 4.74 Å². The van der Waals surface area contributed by atoms with E-state index in [-0.39, 0.29) is 0 Å². The standard InChI is InChI=1S/C15H16N2O3/c1-3-19-15(18)11-7-8-13(17-9-11)20-12-6-4-5-10(2)14(12)16/h4-9H,3,16H2,1-2H3. The molecule has 1 aromatic carbocycles. The lowest BCUT2D eigenvalue weighted by Crippen LogP contribution is -2.05. The number of carbonyl (C=O) groups excluding carboxylic acids is 1. The number of benzene rings is 1. The lowest BCUT2D eigenvalue weighted by molar-refractivity contribution is 0.0526. The maximum Gasteiger partial charge on any atom is 0.339 e. The predicted molar refractivity (Wildman–Crippen MR) is 75.9 cm³/mol. The number of carbonyl (C=O) groups is 1. The summed E-state index contributed by atoms with van der Waals surface area (Å²) in [4.78, 5) is 15.6. The third-order valence-electron chi connectivity index (χ3n) is 2.75. The van der Waals surface area contributed by atoms with Gasteiger partial charge in [0.15, 0.2) is 5.75 Å². The summed E-state index contributed by atoms with van der Waals surface area (Å²) < 4.78 is 10.5. The van der Waals surface area contributed by atoms with Crippen molar-refractivity contribution >= 4 is 11.7 Å². The highest BCUT2D eigenvalue weighted by atomic mass is 16.5. The summed E-state index contributed by atoms with van der Waals surface area (Å²) in [6, 6.07) is 8.73. The Bertz CT molecular complexity index is 609. The summed E-state index contributed by atoms with van der Waals surface area (Å²) in [5.74, 6) is 0.512. The fraction of sp³-hybridized carbons (Fsp3) is 0.200. The van der Waals surface area contributed by atoms with Crippen molar-refractivity contribution in [3.05, 3.63) is 47.7 Å². The molecule has 2 aromatic rings. The number of ether oxygens (including phenoxy) is 2. The van der Waals surface area contributed by atoms with Crippen molar-refractivity contribution < 1.29 is 14.3 Å². The Morgan fingerprint density at radius 2 is 2.10 bits per heavy atom. The molecule has 0 unspecified atom stereocenters. The predicted octanol–water partition coefficient (Wildman–Crippen LogP) is 2.94. The highest BCUT2D eigenvalue weighted by molar-refractivity contribution is 5.89. The van der Waals surface area contributed by atoms with Gasteiger partial charge in [0.1, 0.15) is 0 Å². The van der Waals surface area contributed by atoms with Crippen LogP contribution in [0.1, 0.15) is 22.8 Å². The second-order valence-electron chi connectivity index (χ2n) is 4.19. The molecule has 2 rings (SSSR count). The first-order chi connectivity index (χ1) is 9.61. The van der Waals surface area contributed by atoms with Crippen LogP contribution in [0.2, 0.25) is 0 Å². The monoisotopic (exact) mass is 272 g/mol. The number of para-hydroxylation sites is 1. The number of anilines is 1. The molecule has 0 fully saturated rings. The SMILES string of the molecule is CCOC(=O)c1ccc(Oc2cccc(C)c2N)nc1. The van der Waals surface area contributed by atoms with E-state index in [2.05, 4.69) is 4.98 Å². The van der Waals surface area contributed by atoms with Crippen LogP contribution < -0.4 is 10.5 Å². The lowest BCUT2D eigenvalue weighted by atomic mass is 10.2. The maximum atomic E-state index is 11.5. The van der Waals surface area contributed by atoms with Crippen molar-refractivity contribution in [2.75, 3.05) is 12.3 Å². The Hall–Kier alpha value is -2.56. The van der Waals surface area contributed by atoms with Crippen molar-refractivity contribution in [1.29, 1.82) is 0 Å². The van der Waals surface area contributed by atoms with Crippen LogP contribution >= 0.6 is 0 Å². The average molecular weight is 272 g/mol. The average Bonchev–Trinajstić information content (AvgIpc) is 2.45. The number of esters is 1. The molecule has 5 heteroatoms. The smallest absolute Gasteiger partial charge is 0.339 e. The highest BCUT2D eigenvalue weighted by Crippen LogP contribution is 2.28. The van der Waals surface area contributed by atoms with Gasteiger partial charge in [-0.1, -0.05) is 12.1 Å². The van der Waals surface area contributed by atoms with Gasteiger partial charge in [-0.05, 0) is 31.5 Å². The first-order valence-corrected chi connectivity index (χ1v) is 6.28. The Labute approximate surface area is 117 Å².